The van der Waals surface area contributed by atoms with Gasteiger partial charge in [-0.15, -0.1) is 0 Å². The van der Waals surface area contributed by atoms with Crippen molar-refractivity contribution in [2.45, 2.75) is 69.1 Å². The molecule has 0 aromatic rings. The normalized spacial score (nSPS) is 17.5. The molecule has 1 aliphatic rings. The first-order valence-electron chi connectivity index (χ1n) is 11.7. The number of carboxylic acids is 1. The van der Waals surface area contributed by atoms with Gasteiger partial charge in [0.25, 0.3) is 0 Å². The number of aliphatic carboxylic acids is 1. The van der Waals surface area contributed by atoms with E-state index in [-0.39, 0.29) is 44.1 Å². The molecular formula is C21H38N8O6S. The van der Waals surface area contributed by atoms with E-state index in [4.69, 9.17) is 22.9 Å². The van der Waals surface area contributed by atoms with E-state index in [2.05, 4.69) is 15.6 Å². The molecule has 0 saturated carbocycles. The van der Waals surface area contributed by atoms with Crippen LogP contribution < -0.4 is 33.6 Å². The number of hydrogen-bond acceptors (Lipinski definition) is 8. The second kappa shape index (κ2) is 15.8. The monoisotopic (exact) mass is 530 g/mol. The summed E-state index contributed by atoms with van der Waals surface area (Å²) in [6.07, 6.45) is 3.31. The molecule has 15 heteroatoms. The molecule has 0 radical (unpaired) electrons. The third-order valence-electron chi connectivity index (χ3n) is 5.66. The van der Waals surface area contributed by atoms with E-state index in [0.717, 1.165) is 0 Å². The number of thioether (sulfide) groups is 1. The second-order valence-corrected chi connectivity index (χ2v) is 9.48. The predicted molar refractivity (Wildman–Crippen MR) is 136 cm³/mol. The molecule has 4 atom stereocenters. The Balaban J connectivity index is 2.89. The van der Waals surface area contributed by atoms with Crippen molar-refractivity contribution in [2.75, 3.05) is 25.1 Å². The van der Waals surface area contributed by atoms with E-state index in [1.807, 2.05) is 6.26 Å². The maximum absolute atomic E-state index is 13.0. The zero-order valence-electron chi connectivity index (χ0n) is 20.5. The zero-order valence-corrected chi connectivity index (χ0v) is 21.3. The van der Waals surface area contributed by atoms with Gasteiger partial charge in [0, 0.05) is 19.5 Å². The number of guanidine groups is 1. The third-order valence-corrected chi connectivity index (χ3v) is 6.30. The van der Waals surface area contributed by atoms with Crippen LogP contribution in [0.2, 0.25) is 0 Å². The summed E-state index contributed by atoms with van der Waals surface area (Å²) in [6, 6.07) is -4.06. The smallest absolute Gasteiger partial charge is 0.326 e. The lowest BCUT2D eigenvalue weighted by Crippen LogP contribution is -2.56. The van der Waals surface area contributed by atoms with Gasteiger partial charge in [-0.1, -0.05) is 0 Å². The van der Waals surface area contributed by atoms with E-state index in [1.165, 1.54) is 4.90 Å². The van der Waals surface area contributed by atoms with Gasteiger partial charge >= 0.3 is 5.97 Å². The number of primary amides is 1. The van der Waals surface area contributed by atoms with Gasteiger partial charge < -0.3 is 43.6 Å². The summed E-state index contributed by atoms with van der Waals surface area (Å²) in [5.41, 5.74) is 21.7. The highest BCUT2D eigenvalue weighted by Crippen LogP contribution is 2.19. The Morgan fingerprint density at radius 3 is 2.36 bits per heavy atom. The third kappa shape index (κ3) is 10.7. The van der Waals surface area contributed by atoms with Gasteiger partial charge in [0.05, 0.1) is 6.04 Å². The fraction of sp³-hybridized carbons (Fsp3) is 0.714. The summed E-state index contributed by atoms with van der Waals surface area (Å²) in [5, 5.41) is 14.4. The van der Waals surface area contributed by atoms with Crippen molar-refractivity contribution < 1.29 is 29.1 Å². The molecular weight excluding hydrogens is 492 g/mol. The van der Waals surface area contributed by atoms with Crippen LogP contribution in [0.5, 0.6) is 0 Å². The molecule has 14 nitrogen and oxygen atoms in total. The van der Waals surface area contributed by atoms with E-state index in [1.54, 1.807) is 11.8 Å². The molecule has 4 unspecified atom stereocenters. The van der Waals surface area contributed by atoms with Crippen molar-refractivity contribution in [3.8, 4) is 0 Å². The maximum atomic E-state index is 13.0. The number of nitrogens with two attached hydrogens (primary N) is 4. The number of rotatable bonds is 16. The number of carbonyl (C=O) groups is 5. The molecule has 0 aromatic carbocycles. The minimum absolute atomic E-state index is 0.0349. The average molecular weight is 531 g/mol. The van der Waals surface area contributed by atoms with Crippen LogP contribution >= 0.6 is 11.8 Å². The van der Waals surface area contributed by atoms with Crippen molar-refractivity contribution in [1.82, 2.24) is 15.5 Å². The summed E-state index contributed by atoms with van der Waals surface area (Å²) in [7, 11) is 0. The van der Waals surface area contributed by atoms with E-state index >= 15 is 0 Å². The highest BCUT2D eigenvalue weighted by atomic mass is 32.2. The first kappa shape index (κ1) is 31.0. The number of carbonyl (C=O) groups excluding carboxylic acids is 4. The number of amides is 4. The maximum Gasteiger partial charge on any atom is 0.326 e. The number of aliphatic imine (C=N–C) groups is 1. The first-order chi connectivity index (χ1) is 17.0. The Hall–Kier alpha value is -3.07. The molecule has 0 spiro atoms. The van der Waals surface area contributed by atoms with E-state index in [9.17, 15) is 29.1 Å². The summed E-state index contributed by atoms with van der Waals surface area (Å²) in [6.45, 7) is 0.535. The lowest BCUT2D eigenvalue weighted by molar-refractivity contribution is -0.143. The average Bonchev–Trinajstić information content (AvgIpc) is 3.30. The Labute approximate surface area is 214 Å². The molecule has 4 amide bonds. The molecule has 0 bridgehead atoms. The first-order valence-corrected chi connectivity index (χ1v) is 13.1. The number of likely N-dealkylation sites (tertiary alicyclic amines) is 1. The van der Waals surface area contributed by atoms with Crippen LogP contribution in [0.4, 0.5) is 0 Å². The van der Waals surface area contributed by atoms with Crippen molar-refractivity contribution in [2.24, 2.45) is 27.9 Å². The van der Waals surface area contributed by atoms with Crippen molar-refractivity contribution in [3.63, 3.8) is 0 Å². The largest absolute Gasteiger partial charge is 0.480 e. The Morgan fingerprint density at radius 2 is 1.78 bits per heavy atom. The number of carboxylic acid groups (broad SMARTS) is 1. The standard InChI is InChI=1S/C21H38N8O6S/c1-36-11-8-12(22)19(33)29-10-3-5-15(29)18(32)27-13(6-7-16(23)30)17(31)28-14(20(34)35)4-2-9-26-21(24)25/h12-15H,2-11,22H2,1H3,(H2,23,30)(H,27,32)(H,28,31)(H,34,35)(H4,24,25,26). The van der Waals surface area contributed by atoms with Crippen molar-refractivity contribution >= 4 is 47.3 Å². The van der Waals surface area contributed by atoms with Crippen molar-refractivity contribution in [1.29, 1.82) is 0 Å². The van der Waals surface area contributed by atoms with Gasteiger partial charge in [-0.2, -0.15) is 11.8 Å². The molecule has 36 heavy (non-hydrogen) atoms. The van der Waals surface area contributed by atoms with Crippen LogP contribution in [0, 0.1) is 0 Å². The fourth-order valence-corrected chi connectivity index (χ4v) is 4.23. The summed E-state index contributed by atoms with van der Waals surface area (Å²) >= 11 is 1.56. The summed E-state index contributed by atoms with van der Waals surface area (Å²) in [5.74, 6) is -3.11. The van der Waals surface area contributed by atoms with Crippen molar-refractivity contribution in [3.05, 3.63) is 0 Å². The van der Waals surface area contributed by atoms with Crippen LogP contribution in [-0.2, 0) is 24.0 Å². The minimum atomic E-state index is -1.28. The van der Waals surface area contributed by atoms with Crippen LogP contribution in [-0.4, -0.2) is 94.8 Å². The van der Waals surface area contributed by atoms with Gasteiger partial charge in [-0.25, -0.2) is 4.79 Å². The minimum Gasteiger partial charge on any atom is -0.480 e. The molecule has 1 rings (SSSR count). The van der Waals surface area contributed by atoms with E-state index < -0.39 is 47.9 Å². The Morgan fingerprint density at radius 1 is 1.08 bits per heavy atom. The van der Waals surface area contributed by atoms with Gasteiger partial charge in [0.15, 0.2) is 5.96 Å². The number of nitrogens with zero attached hydrogens (tertiary/aromatic N) is 2. The van der Waals surface area contributed by atoms with Gasteiger partial charge in [-0.3, -0.25) is 24.2 Å². The second-order valence-electron chi connectivity index (χ2n) is 8.49. The van der Waals surface area contributed by atoms with Gasteiger partial charge in [0.1, 0.15) is 18.1 Å². The van der Waals surface area contributed by atoms with Gasteiger partial charge in [-0.05, 0) is 50.5 Å². The van der Waals surface area contributed by atoms with Crippen LogP contribution in [0.25, 0.3) is 0 Å². The predicted octanol–water partition coefficient (Wildman–Crippen LogP) is -2.57. The summed E-state index contributed by atoms with van der Waals surface area (Å²) < 4.78 is 0. The molecule has 1 aliphatic heterocycles. The zero-order chi connectivity index (χ0) is 27.3. The molecule has 1 saturated heterocycles. The van der Waals surface area contributed by atoms with E-state index in [0.29, 0.717) is 31.6 Å². The lowest BCUT2D eigenvalue weighted by Gasteiger charge is -2.28. The highest BCUT2D eigenvalue weighted by molar-refractivity contribution is 7.98. The molecule has 0 aromatic heterocycles. The fourth-order valence-electron chi connectivity index (χ4n) is 3.74. The van der Waals surface area contributed by atoms with Gasteiger partial charge in [0.2, 0.25) is 23.6 Å². The molecule has 1 fully saturated rings. The molecule has 0 aliphatic carbocycles. The number of hydrogen-bond donors (Lipinski definition) is 7. The molecule has 1 heterocycles. The Bertz CT molecular complexity index is 822. The SMILES string of the molecule is CSCCC(N)C(=O)N1CCCC1C(=O)NC(CCC(N)=O)C(=O)NC(CCCN=C(N)N)C(=O)O. The topological polar surface area (TPSA) is 249 Å². The lowest BCUT2D eigenvalue weighted by atomic mass is 10.1. The number of nitrogens with one attached hydrogen (secondary N) is 2. The summed E-state index contributed by atoms with van der Waals surface area (Å²) in [4.78, 5) is 66.8. The quantitative estimate of drug-likeness (QED) is 0.0624. The molecule has 11 N–H and O–H groups in total. The Kier molecular flexibility index (Phi) is 13.6. The molecule has 204 valence electrons. The van der Waals surface area contributed by atoms with Crippen LogP contribution in [0.1, 0.15) is 44.9 Å². The van der Waals surface area contributed by atoms with Crippen LogP contribution in [0.3, 0.4) is 0 Å². The highest BCUT2D eigenvalue weighted by Gasteiger charge is 2.37. The van der Waals surface area contributed by atoms with Crippen LogP contribution in [0.15, 0.2) is 4.99 Å².